The third kappa shape index (κ3) is 4.27. The molecule has 0 fully saturated rings. The Morgan fingerprint density at radius 1 is 1.22 bits per heavy atom. The Hall–Kier alpha value is -1.65. The molecule has 27 heavy (non-hydrogen) atoms. The van der Waals surface area contributed by atoms with Crippen LogP contribution >= 0.6 is 22.9 Å². The quantitative estimate of drug-likeness (QED) is 0.535. The molecule has 3 nitrogen and oxygen atoms in total. The summed E-state index contributed by atoms with van der Waals surface area (Å²) in [7, 11) is 0. The van der Waals surface area contributed by atoms with Crippen molar-refractivity contribution in [2.24, 2.45) is 5.92 Å². The van der Waals surface area contributed by atoms with E-state index in [1.807, 2.05) is 24.3 Å². The summed E-state index contributed by atoms with van der Waals surface area (Å²) in [5.41, 5.74) is 3.65. The fourth-order valence-electron chi connectivity index (χ4n) is 3.51. The lowest BCUT2D eigenvalue weighted by Crippen LogP contribution is -2.16. The van der Waals surface area contributed by atoms with Crippen LogP contribution in [0, 0.1) is 5.92 Å². The number of nitrogens with one attached hydrogen (secondary N) is 1. The molecule has 0 aliphatic heterocycles. The molecular weight excluding hydrogens is 378 g/mol. The number of anilines is 1. The van der Waals surface area contributed by atoms with Gasteiger partial charge in [-0.2, -0.15) is 0 Å². The number of hydrogen-bond acceptors (Lipinski definition) is 3. The fourth-order valence-corrected chi connectivity index (χ4v) is 5.00. The minimum Gasteiger partial charge on any atom is -0.316 e. The summed E-state index contributed by atoms with van der Waals surface area (Å²) in [6, 6.07) is 7.83. The normalized spacial score (nSPS) is 16.7. The predicted molar refractivity (Wildman–Crippen MR) is 113 cm³/mol. The third-order valence-corrected chi connectivity index (χ3v) is 6.54. The number of rotatable bonds is 4. The van der Waals surface area contributed by atoms with E-state index in [1.54, 1.807) is 0 Å². The molecule has 1 heterocycles. The van der Waals surface area contributed by atoms with E-state index >= 15 is 0 Å². The fraction of sp³-hybridized carbons (Fsp3) is 0.455. The number of carbonyl (C=O) groups excluding carboxylic acids is 2. The van der Waals surface area contributed by atoms with Crippen LogP contribution in [0.15, 0.2) is 24.3 Å². The van der Waals surface area contributed by atoms with Crippen molar-refractivity contribution in [3.05, 3.63) is 51.4 Å². The molecule has 0 saturated carbocycles. The molecule has 0 radical (unpaired) electrons. The summed E-state index contributed by atoms with van der Waals surface area (Å²) in [4.78, 5) is 26.4. The molecule has 1 atom stereocenters. The molecule has 1 aliphatic rings. The lowest BCUT2D eigenvalue weighted by Gasteiger charge is -2.20. The Bertz CT molecular complexity index is 862. The van der Waals surface area contributed by atoms with Gasteiger partial charge in [0.2, 0.25) is 5.91 Å². The second-order valence-electron chi connectivity index (χ2n) is 8.39. The first-order valence-electron chi connectivity index (χ1n) is 9.36. The smallest absolute Gasteiger partial charge is 0.239 e. The van der Waals surface area contributed by atoms with Crippen LogP contribution in [-0.4, -0.2) is 17.6 Å². The van der Waals surface area contributed by atoms with Crippen molar-refractivity contribution in [1.29, 1.82) is 0 Å². The van der Waals surface area contributed by atoms with E-state index in [0.717, 1.165) is 24.8 Å². The Kier molecular flexibility index (Phi) is 5.78. The van der Waals surface area contributed by atoms with Gasteiger partial charge in [-0.1, -0.05) is 52.0 Å². The Morgan fingerprint density at radius 3 is 2.48 bits per heavy atom. The van der Waals surface area contributed by atoms with Crippen LogP contribution in [0.5, 0.6) is 0 Å². The summed E-state index contributed by atoms with van der Waals surface area (Å²) in [5, 5.41) is 3.49. The first-order valence-corrected chi connectivity index (χ1v) is 10.7. The molecule has 3 rings (SSSR count). The number of hydrogen-bond donors (Lipinski definition) is 1. The average molecular weight is 404 g/mol. The molecule has 1 unspecified atom stereocenters. The van der Waals surface area contributed by atoms with Gasteiger partial charge in [0.15, 0.2) is 5.78 Å². The predicted octanol–water partition coefficient (Wildman–Crippen LogP) is 5.58. The minimum atomic E-state index is -0.277. The van der Waals surface area contributed by atoms with Crippen LogP contribution in [0.3, 0.4) is 0 Å². The number of fused-ring (bicyclic) bond motifs is 1. The number of carbonyl (C=O) groups is 2. The van der Waals surface area contributed by atoms with E-state index in [0.29, 0.717) is 22.0 Å². The average Bonchev–Trinajstić information content (AvgIpc) is 2.97. The molecule has 5 heteroatoms. The molecule has 0 bridgehead atoms. The van der Waals surface area contributed by atoms with Crippen molar-refractivity contribution in [2.45, 2.75) is 52.4 Å². The van der Waals surface area contributed by atoms with Gasteiger partial charge in [0.1, 0.15) is 10.9 Å². The van der Waals surface area contributed by atoms with Gasteiger partial charge in [-0.15, -0.1) is 22.9 Å². The highest BCUT2D eigenvalue weighted by Gasteiger charge is 2.29. The van der Waals surface area contributed by atoms with E-state index in [2.05, 4.69) is 33.0 Å². The zero-order valence-electron chi connectivity index (χ0n) is 16.3. The summed E-state index contributed by atoms with van der Waals surface area (Å²) in [6.07, 6.45) is 2.90. The van der Waals surface area contributed by atoms with E-state index in [4.69, 9.17) is 11.6 Å². The number of ketones is 1. The van der Waals surface area contributed by atoms with Gasteiger partial charge in [-0.25, -0.2) is 0 Å². The zero-order valence-corrected chi connectivity index (χ0v) is 17.9. The van der Waals surface area contributed by atoms with Gasteiger partial charge < -0.3 is 5.32 Å². The van der Waals surface area contributed by atoms with Gasteiger partial charge in [-0.3, -0.25) is 9.59 Å². The molecular formula is C22H26ClNO2S. The van der Waals surface area contributed by atoms with Crippen molar-refractivity contribution in [3.63, 3.8) is 0 Å². The largest absolute Gasteiger partial charge is 0.316 e. The summed E-state index contributed by atoms with van der Waals surface area (Å²) in [5.74, 6) is 0.182. The Labute approximate surface area is 170 Å². The number of thiophene rings is 1. The highest BCUT2D eigenvalue weighted by atomic mass is 35.5. The number of halogens is 1. The van der Waals surface area contributed by atoms with Crippen molar-refractivity contribution < 1.29 is 9.59 Å². The lowest BCUT2D eigenvalue weighted by molar-refractivity contribution is -0.113. The molecule has 0 saturated heterocycles. The molecule has 2 aromatic rings. The van der Waals surface area contributed by atoms with Gasteiger partial charge >= 0.3 is 0 Å². The van der Waals surface area contributed by atoms with Crippen LogP contribution in [0.4, 0.5) is 5.00 Å². The van der Waals surface area contributed by atoms with Gasteiger partial charge in [0.05, 0.1) is 5.56 Å². The minimum absolute atomic E-state index is 0.0209. The first kappa shape index (κ1) is 20.1. The molecule has 1 aromatic carbocycles. The van der Waals surface area contributed by atoms with Crippen molar-refractivity contribution in [2.75, 3.05) is 11.2 Å². The molecule has 1 aliphatic carbocycles. The highest BCUT2D eigenvalue weighted by Crippen LogP contribution is 2.40. The standard InChI is InChI=1S/C22H26ClNO2S/c1-13-5-10-16-17(11-13)27-21(24-18(25)12-23)19(16)20(26)14-6-8-15(9-7-14)22(2,3)4/h6-9,13H,5,10-12H2,1-4H3,(H,24,25). The molecule has 0 spiro atoms. The Morgan fingerprint density at radius 2 is 1.89 bits per heavy atom. The lowest BCUT2D eigenvalue weighted by atomic mass is 9.85. The van der Waals surface area contributed by atoms with Gasteiger partial charge in [-0.05, 0) is 41.7 Å². The second kappa shape index (κ2) is 7.76. The monoisotopic (exact) mass is 403 g/mol. The van der Waals surface area contributed by atoms with E-state index in [1.165, 1.54) is 21.8 Å². The van der Waals surface area contributed by atoms with Crippen LogP contribution in [0.25, 0.3) is 0 Å². The van der Waals surface area contributed by atoms with E-state index in [9.17, 15) is 9.59 Å². The molecule has 1 N–H and O–H groups in total. The molecule has 1 amide bonds. The van der Waals surface area contributed by atoms with Crippen LogP contribution in [0.2, 0.25) is 0 Å². The maximum atomic E-state index is 13.3. The van der Waals surface area contributed by atoms with Crippen LogP contribution < -0.4 is 5.32 Å². The zero-order chi connectivity index (χ0) is 19.8. The van der Waals surface area contributed by atoms with Crippen molar-refractivity contribution in [1.82, 2.24) is 0 Å². The van der Waals surface area contributed by atoms with Gasteiger partial charge in [0, 0.05) is 10.4 Å². The number of benzene rings is 1. The summed E-state index contributed by atoms with van der Waals surface area (Å²) in [6.45, 7) is 8.69. The SMILES string of the molecule is CC1CCc2c(sc(NC(=O)CCl)c2C(=O)c2ccc(C(C)(C)C)cc2)C1. The third-order valence-electron chi connectivity index (χ3n) is 5.13. The Balaban J connectivity index is 2.01. The first-order chi connectivity index (χ1) is 12.7. The second-order valence-corrected chi connectivity index (χ2v) is 9.77. The summed E-state index contributed by atoms with van der Waals surface area (Å²) >= 11 is 7.20. The van der Waals surface area contributed by atoms with Crippen molar-refractivity contribution in [3.8, 4) is 0 Å². The number of amides is 1. The topological polar surface area (TPSA) is 46.2 Å². The highest BCUT2D eigenvalue weighted by molar-refractivity contribution is 7.17. The van der Waals surface area contributed by atoms with Crippen molar-refractivity contribution >= 4 is 39.6 Å². The van der Waals surface area contributed by atoms with E-state index in [-0.39, 0.29) is 23.0 Å². The molecule has 1 aromatic heterocycles. The van der Waals surface area contributed by atoms with Crippen LogP contribution in [0.1, 0.15) is 66.0 Å². The number of alkyl halides is 1. The molecule has 144 valence electrons. The maximum Gasteiger partial charge on any atom is 0.239 e. The maximum absolute atomic E-state index is 13.3. The summed E-state index contributed by atoms with van der Waals surface area (Å²) < 4.78 is 0. The van der Waals surface area contributed by atoms with Crippen LogP contribution in [-0.2, 0) is 23.1 Å². The van der Waals surface area contributed by atoms with E-state index < -0.39 is 0 Å². The van der Waals surface area contributed by atoms with Gasteiger partial charge in [0.25, 0.3) is 0 Å².